The van der Waals surface area contributed by atoms with Gasteiger partial charge in [-0.3, -0.25) is 14.4 Å². The number of carbonyl (C=O) groups excluding carboxylic acids is 3. The van der Waals surface area contributed by atoms with Crippen molar-refractivity contribution in [3.63, 3.8) is 0 Å². The molecule has 5 rings (SSSR count). The van der Waals surface area contributed by atoms with E-state index in [1.54, 1.807) is 30.3 Å². The molecule has 0 radical (unpaired) electrons. The van der Waals surface area contributed by atoms with Crippen molar-refractivity contribution in [3.8, 4) is 0 Å². The third kappa shape index (κ3) is 3.98. The second-order valence-corrected chi connectivity index (χ2v) is 8.99. The molecule has 1 aromatic heterocycles. The zero-order valence-electron chi connectivity index (χ0n) is 16.4. The van der Waals surface area contributed by atoms with Crippen molar-refractivity contribution in [2.45, 2.75) is 25.4 Å². The Balaban J connectivity index is 1.46. The molecule has 6 nitrogen and oxygen atoms in total. The normalized spacial score (nSPS) is 17.7. The van der Waals surface area contributed by atoms with E-state index in [0.717, 1.165) is 46.0 Å². The van der Waals surface area contributed by atoms with E-state index in [0.29, 0.717) is 21.7 Å². The standard InChI is InChI=1S/C23H18ClN3O3S/c24-15-5-9-17(10-6-15)27-22(29)20(31-23(27)30)11-14-12-26(13-21(28)25-16-7-8-16)19-4-2-1-3-18(14)19/h1-6,9-12,16H,7-8,13H2,(H,25,28)/b20-11-. The summed E-state index contributed by atoms with van der Waals surface area (Å²) in [5.74, 6) is -0.404. The third-order valence-corrected chi connectivity index (χ3v) is 6.36. The molecule has 8 heteroatoms. The Morgan fingerprint density at radius 3 is 2.61 bits per heavy atom. The van der Waals surface area contributed by atoms with Gasteiger partial charge in [-0.25, -0.2) is 4.90 Å². The highest BCUT2D eigenvalue weighted by molar-refractivity contribution is 8.19. The van der Waals surface area contributed by atoms with Crippen molar-refractivity contribution in [2.75, 3.05) is 4.90 Å². The van der Waals surface area contributed by atoms with E-state index < -0.39 is 0 Å². The smallest absolute Gasteiger partial charge is 0.298 e. The van der Waals surface area contributed by atoms with Gasteiger partial charge in [-0.2, -0.15) is 0 Å². The maximum atomic E-state index is 13.0. The number of aromatic nitrogens is 1. The zero-order valence-corrected chi connectivity index (χ0v) is 17.9. The molecule has 2 aliphatic rings. The monoisotopic (exact) mass is 451 g/mol. The third-order valence-electron chi connectivity index (χ3n) is 5.24. The molecule has 2 fully saturated rings. The average Bonchev–Trinajstić information content (AvgIpc) is 3.44. The van der Waals surface area contributed by atoms with E-state index in [-0.39, 0.29) is 23.6 Å². The molecule has 0 spiro atoms. The Kier molecular flexibility index (Phi) is 5.08. The van der Waals surface area contributed by atoms with E-state index in [4.69, 9.17) is 11.6 Å². The first-order chi connectivity index (χ1) is 15.0. The van der Waals surface area contributed by atoms with E-state index in [2.05, 4.69) is 5.32 Å². The molecule has 3 aromatic rings. The second kappa shape index (κ2) is 7.90. The molecule has 1 aliphatic carbocycles. The Morgan fingerprint density at radius 2 is 1.87 bits per heavy atom. The van der Waals surface area contributed by atoms with Crippen LogP contribution in [0.3, 0.4) is 0 Å². The number of nitrogens with zero attached hydrogens (tertiary/aromatic N) is 2. The highest BCUT2D eigenvalue weighted by Gasteiger charge is 2.36. The van der Waals surface area contributed by atoms with Crippen molar-refractivity contribution < 1.29 is 14.4 Å². The van der Waals surface area contributed by atoms with Gasteiger partial charge < -0.3 is 9.88 Å². The first kappa shape index (κ1) is 19.9. The van der Waals surface area contributed by atoms with Gasteiger partial charge in [0.2, 0.25) is 5.91 Å². The molecule has 1 saturated carbocycles. The van der Waals surface area contributed by atoms with E-state index in [1.165, 1.54) is 0 Å². The number of hydrogen-bond donors (Lipinski definition) is 1. The van der Waals surface area contributed by atoms with Gasteiger partial charge in [0, 0.05) is 33.7 Å². The topological polar surface area (TPSA) is 71.4 Å². The molecule has 2 heterocycles. The van der Waals surface area contributed by atoms with Gasteiger partial charge in [-0.15, -0.1) is 0 Å². The number of amides is 3. The molecule has 1 saturated heterocycles. The molecule has 0 unspecified atom stereocenters. The Labute approximate surface area is 187 Å². The van der Waals surface area contributed by atoms with E-state index >= 15 is 0 Å². The van der Waals surface area contributed by atoms with Crippen LogP contribution in [0, 0.1) is 0 Å². The maximum absolute atomic E-state index is 13.0. The van der Waals surface area contributed by atoms with Crippen LogP contribution in [-0.4, -0.2) is 27.7 Å². The van der Waals surface area contributed by atoms with Gasteiger partial charge >= 0.3 is 0 Å². The fraction of sp³-hybridized carbons (Fsp3) is 0.174. The summed E-state index contributed by atoms with van der Waals surface area (Å²) < 4.78 is 1.88. The number of fused-ring (bicyclic) bond motifs is 1. The summed E-state index contributed by atoms with van der Waals surface area (Å²) in [7, 11) is 0. The Morgan fingerprint density at radius 1 is 1.13 bits per heavy atom. The van der Waals surface area contributed by atoms with Crippen molar-refractivity contribution in [2.24, 2.45) is 0 Å². The number of nitrogens with one attached hydrogen (secondary N) is 1. The SMILES string of the molecule is O=C(Cn1cc(/C=C2\SC(=O)N(c3ccc(Cl)cc3)C2=O)c2ccccc21)NC1CC1. The lowest BCUT2D eigenvalue weighted by atomic mass is 10.1. The number of rotatable bonds is 5. The first-order valence-corrected chi connectivity index (χ1v) is 11.1. The van der Waals surface area contributed by atoms with Gasteiger partial charge in [-0.05, 0) is 61.0 Å². The summed E-state index contributed by atoms with van der Waals surface area (Å²) in [4.78, 5) is 39.3. The predicted octanol–water partition coefficient (Wildman–Crippen LogP) is 4.81. The molecule has 156 valence electrons. The quantitative estimate of drug-likeness (QED) is 0.565. The van der Waals surface area contributed by atoms with Crippen LogP contribution in [0.2, 0.25) is 5.02 Å². The van der Waals surface area contributed by atoms with Crippen LogP contribution < -0.4 is 10.2 Å². The highest BCUT2D eigenvalue weighted by Crippen LogP contribution is 2.37. The van der Waals surface area contributed by atoms with Crippen LogP contribution in [-0.2, 0) is 16.1 Å². The molecule has 0 bridgehead atoms. The first-order valence-electron chi connectivity index (χ1n) is 9.90. The molecule has 1 aliphatic heterocycles. The molecule has 3 amide bonds. The summed E-state index contributed by atoms with van der Waals surface area (Å²) in [6, 6.07) is 14.6. The van der Waals surface area contributed by atoms with Crippen molar-refractivity contribution in [1.82, 2.24) is 9.88 Å². The lowest BCUT2D eigenvalue weighted by molar-refractivity contribution is -0.121. The molecule has 31 heavy (non-hydrogen) atoms. The number of hydrogen-bond acceptors (Lipinski definition) is 4. The second-order valence-electron chi connectivity index (χ2n) is 7.56. The minimum atomic E-state index is -0.374. The largest absolute Gasteiger partial charge is 0.352 e. The van der Waals surface area contributed by atoms with Crippen LogP contribution in [0.5, 0.6) is 0 Å². The zero-order chi connectivity index (χ0) is 21.5. The lowest BCUT2D eigenvalue weighted by Gasteiger charge is -2.12. The van der Waals surface area contributed by atoms with Gasteiger partial charge in [0.1, 0.15) is 6.54 Å². The van der Waals surface area contributed by atoms with Gasteiger partial charge in [0.25, 0.3) is 11.1 Å². The number of para-hydroxylation sites is 1. The number of anilines is 1. The maximum Gasteiger partial charge on any atom is 0.298 e. The summed E-state index contributed by atoms with van der Waals surface area (Å²) in [6.45, 7) is 0.205. The van der Waals surface area contributed by atoms with Gasteiger partial charge in [0.15, 0.2) is 0 Å². The van der Waals surface area contributed by atoms with Crippen molar-refractivity contribution in [3.05, 3.63) is 70.2 Å². The molecule has 1 N–H and O–H groups in total. The minimum Gasteiger partial charge on any atom is -0.352 e. The predicted molar refractivity (Wildman–Crippen MR) is 123 cm³/mol. The number of thioether (sulfide) groups is 1. The molecule has 0 atom stereocenters. The van der Waals surface area contributed by atoms with Gasteiger partial charge in [-0.1, -0.05) is 29.8 Å². The van der Waals surface area contributed by atoms with Crippen LogP contribution >= 0.6 is 23.4 Å². The van der Waals surface area contributed by atoms with E-state index in [9.17, 15) is 14.4 Å². The molecule has 2 aromatic carbocycles. The molecular weight excluding hydrogens is 434 g/mol. The number of imide groups is 1. The summed E-state index contributed by atoms with van der Waals surface area (Å²) >= 11 is 6.82. The van der Waals surface area contributed by atoms with Crippen molar-refractivity contribution >= 4 is 63.1 Å². The fourth-order valence-corrected chi connectivity index (χ4v) is 4.56. The van der Waals surface area contributed by atoms with Crippen LogP contribution in [0.1, 0.15) is 18.4 Å². The molecular formula is C23H18ClN3O3S. The number of carbonyl (C=O) groups is 3. The minimum absolute atomic E-state index is 0.0298. The fourth-order valence-electron chi connectivity index (χ4n) is 3.60. The summed E-state index contributed by atoms with van der Waals surface area (Å²) in [5.41, 5.74) is 2.17. The van der Waals surface area contributed by atoms with Crippen LogP contribution in [0.25, 0.3) is 17.0 Å². The van der Waals surface area contributed by atoms with Crippen LogP contribution in [0.15, 0.2) is 59.6 Å². The van der Waals surface area contributed by atoms with Gasteiger partial charge in [0.05, 0.1) is 10.6 Å². The Bertz CT molecular complexity index is 1240. The summed E-state index contributed by atoms with van der Waals surface area (Å²) in [6.07, 6.45) is 5.64. The highest BCUT2D eigenvalue weighted by atomic mass is 35.5. The average molecular weight is 452 g/mol. The number of benzene rings is 2. The van der Waals surface area contributed by atoms with Crippen LogP contribution in [0.4, 0.5) is 10.5 Å². The number of halogens is 1. The van der Waals surface area contributed by atoms with Crippen molar-refractivity contribution in [1.29, 1.82) is 0 Å². The lowest BCUT2D eigenvalue weighted by Crippen LogP contribution is -2.29. The summed E-state index contributed by atoms with van der Waals surface area (Å²) in [5, 5.41) is 4.09. The van der Waals surface area contributed by atoms with E-state index in [1.807, 2.05) is 35.0 Å². The Hall–Kier alpha value is -3.03.